The van der Waals surface area contributed by atoms with E-state index >= 15 is 0 Å². The zero-order valence-corrected chi connectivity index (χ0v) is 14.0. The van der Waals surface area contributed by atoms with Crippen molar-refractivity contribution in [2.75, 3.05) is 6.61 Å². The van der Waals surface area contributed by atoms with Crippen LogP contribution in [0.25, 0.3) is 11.5 Å². The molecule has 0 saturated carbocycles. The van der Waals surface area contributed by atoms with Crippen molar-refractivity contribution in [1.29, 1.82) is 0 Å². The van der Waals surface area contributed by atoms with Gasteiger partial charge in [0.2, 0.25) is 5.88 Å². The summed E-state index contributed by atoms with van der Waals surface area (Å²) in [5.41, 5.74) is 3.09. The molecule has 0 aliphatic rings. The van der Waals surface area contributed by atoms with E-state index in [2.05, 4.69) is 27.4 Å². The molecule has 3 rings (SSSR count). The number of nitrogens with one attached hydrogen (secondary N) is 2. The fraction of sp³-hybridized carbons (Fsp3) is 0.333. The summed E-state index contributed by atoms with van der Waals surface area (Å²) < 4.78 is 11.1. The van der Waals surface area contributed by atoms with Crippen LogP contribution in [-0.2, 0) is 13.1 Å². The molecule has 0 unspecified atom stereocenters. The van der Waals surface area contributed by atoms with Crippen LogP contribution in [0, 0.1) is 6.92 Å². The van der Waals surface area contributed by atoms with E-state index in [0.717, 1.165) is 41.3 Å². The van der Waals surface area contributed by atoms with Gasteiger partial charge in [0.15, 0.2) is 5.76 Å². The normalized spacial score (nSPS) is 10.9. The van der Waals surface area contributed by atoms with E-state index in [4.69, 9.17) is 9.15 Å². The summed E-state index contributed by atoms with van der Waals surface area (Å²) in [7, 11) is 0. The van der Waals surface area contributed by atoms with E-state index in [0.29, 0.717) is 19.0 Å². The van der Waals surface area contributed by atoms with Crippen molar-refractivity contribution >= 4 is 0 Å². The molecule has 24 heavy (non-hydrogen) atoms. The van der Waals surface area contributed by atoms with E-state index in [-0.39, 0.29) is 0 Å². The van der Waals surface area contributed by atoms with Gasteiger partial charge in [-0.25, -0.2) is 4.98 Å². The van der Waals surface area contributed by atoms with Gasteiger partial charge in [0.25, 0.3) is 0 Å². The monoisotopic (exact) mass is 326 g/mol. The lowest BCUT2D eigenvalue weighted by Gasteiger charge is -2.06. The molecule has 0 saturated heterocycles. The molecule has 6 nitrogen and oxygen atoms in total. The Labute approximate surface area is 141 Å². The van der Waals surface area contributed by atoms with Crippen LogP contribution < -0.4 is 10.1 Å². The Hall–Kier alpha value is -2.60. The molecule has 3 aromatic heterocycles. The number of nitrogens with zero attached hydrogens (tertiary/aromatic N) is 2. The van der Waals surface area contributed by atoms with Gasteiger partial charge in [0, 0.05) is 30.9 Å². The summed E-state index contributed by atoms with van der Waals surface area (Å²) in [4.78, 5) is 4.30. The van der Waals surface area contributed by atoms with Crippen molar-refractivity contribution in [2.45, 2.75) is 33.4 Å². The third-order valence-corrected chi connectivity index (χ3v) is 3.60. The van der Waals surface area contributed by atoms with Gasteiger partial charge in [-0.2, -0.15) is 5.10 Å². The van der Waals surface area contributed by atoms with E-state index in [1.165, 1.54) is 0 Å². The number of ether oxygens (including phenoxy) is 1. The smallest absolute Gasteiger partial charge is 0.213 e. The molecule has 0 aromatic carbocycles. The topological polar surface area (TPSA) is 76.0 Å². The molecule has 0 amide bonds. The minimum absolute atomic E-state index is 0.672. The maximum absolute atomic E-state index is 5.66. The maximum Gasteiger partial charge on any atom is 0.213 e. The minimum Gasteiger partial charge on any atom is -0.478 e. The lowest BCUT2D eigenvalue weighted by molar-refractivity contribution is 0.305. The highest BCUT2D eigenvalue weighted by Crippen LogP contribution is 2.23. The van der Waals surface area contributed by atoms with Crippen LogP contribution in [0.1, 0.15) is 30.2 Å². The molecule has 3 heterocycles. The van der Waals surface area contributed by atoms with Gasteiger partial charge in [-0.3, -0.25) is 5.10 Å². The first-order valence-corrected chi connectivity index (χ1v) is 8.13. The van der Waals surface area contributed by atoms with Gasteiger partial charge in [-0.05, 0) is 31.0 Å². The summed E-state index contributed by atoms with van der Waals surface area (Å²) in [6, 6.07) is 7.82. The Kier molecular flexibility index (Phi) is 5.28. The molecule has 0 aliphatic carbocycles. The third kappa shape index (κ3) is 4.02. The molecule has 0 aliphatic heterocycles. The Morgan fingerprint density at radius 1 is 1.17 bits per heavy atom. The quantitative estimate of drug-likeness (QED) is 0.663. The highest BCUT2D eigenvalue weighted by molar-refractivity contribution is 5.56. The minimum atomic E-state index is 0.672. The Bertz CT molecular complexity index is 761. The Morgan fingerprint density at radius 3 is 2.79 bits per heavy atom. The van der Waals surface area contributed by atoms with Crippen LogP contribution in [0.5, 0.6) is 5.88 Å². The number of hydrogen-bond donors (Lipinski definition) is 2. The number of rotatable bonds is 8. The zero-order chi connectivity index (χ0) is 16.8. The third-order valence-electron chi connectivity index (χ3n) is 3.60. The first-order valence-electron chi connectivity index (χ1n) is 8.13. The number of hydrogen-bond acceptors (Lipinski definition) is 5. The second-order valence-electron chi connectivity index (χ2n) is 5.64. The number of pyridine rings is 1. The van der Waals surface area contributed by atoms with Crippen molar-refractivity contribution in [3.05, 3.63) is 53.5 Å². The van der Waals surface area contributed by atoms with Crippen molar-refractivity contribution in [2.24, 2.45) is 0 Å². The maximum atomic E-state index is 5.66. The Balaban J connectivity index is 1.54. The summed E-state index contributed by atoms with van der Waals surface area (Å²) in [5, 5.41) is 10.5. The first-order chi connectivity index (χ1) is 11.8. The van der Waals surface area contributed by atoms with Crippen LogP contribution >= 0.6 is 0 Å². The van der Waals surface area contributed by atoms with Crippen LogP contribution in [0.3, 0.4) is 0 Å². The number of H-pyrrole nitrogens is 1. The molecule has 3 aromatic rings. The molecule has 0 spiro atoms. The van der Waals surface area contributed by atoms with E-state index in [1.54, 1.807) is 0 Å². The van der Waals surface area contributed by atoms with Crippen molar-refractivity contribution in [1.82, 2.24) is 20.5 Å². The number of aryl methyl sites for hydroxylation is 1. The zero-order valence-electron chi connectivity index (χ0n) is 14.0. The predicted octanol–water partition coefficient (Wildman–Crippen LogP) is 3.45. The van der Waals surface area contributed by atoms with E-state index in [1.807, 2.05) is 43.6 Å². The van der Waals surface area contributed by atoms with Gasteiger partial charge in [0.05, 0.1) is 12.8 Å². The fourth-order valence-electron chi connectivity index (χ4n) is 2.38. The van der Waals surface area contributed by atoms with Crippen LogP contribution in [0.15, 0.2) is 41.1 Å². The standard InChI is InChI=1S/C18H22N4O2/c1-3-8-23-17-7-5-14(10-20-17)9-19-11-15-12-21-22-18(15)16-6-4-13(2)24-16/h4-7,10,12,19H,3,8-9,11H2,1-2H3,(H,21,22). The average Bonchev–Trinajstić information content (AvgIpc) is 3.23. The van der Waals surface area contributed by atoms with E-state index < -0.39 is 0 Å². The second-order valence-corrected chi connectivity index (χ2v) is 5.64. The largest absolute Gasteiger partial charge is 0.478 e. The first kappa shape index (κ1) is 16.3. The summed E-state index contributed by atoms with van der Waals surface area (Å²) in [6.07, 6.45) is 4.64. The highest BCUT2D eigenvalue weighted by Gasteiger charge is 2.10. The molecule has 0 fully saturated rings. The van der Waals surface area contributed by atoms with Crippen LogP contribution in [0.4, 0.5) is 0 Å². The fourth-order valence-corrected chi connectivity index (χ4v) is 2.38. The molecular weight excluding hydrogens is 304 g/mol. The predicted molar refractivity (Wildman–Crippen MR) is 91.6 cm³/mol. The molecule has 6 heteroatoms. The Morgan fingerprint density at radius 2 is 2.08 bits per heavy atom. The highest BCUT2D eigenvalue weighted by atomic mass is 16.5. The molecule has 0 atom stereocenters. The molecular formula is C18H22N4O2. The van der Waals surface area contributed by atoms with Gasteiger partial charge in [-0.1, -0.05) is 13.0 Å². The summed E-state index contributed by atoms with van der Waals surface area (Å²) >= 11 is 0. The lowest BCUT2D eigenvalue weighted by Crippen LogP contribution is -2.13. The van der Waals surface area contributed by atoms with Crippen molar-refractivity contribution in [3.63, 3.8) is 0 Å². The van der Waals surface area contributed by atoms with Crippen LogP contribution in [-0.4, -0.2) is 21.8 Å². The van der Waals surface area contributed by atoms with Crippen molar-refractivity contribution in [3.8, 4) is 17.3 Å². The van der Waals surface area contributed by atoms with E-state index in [9.17, 15) is 0 Å². The number of aromatic nitrogens is 3. The van der Waals surface area contributed by atoms with Gasteiger partial charge in [0.1, 0.15) is 11.5 Å². The van der Waals surface area contributed by atoms with Crippen LogP contribution in [0.2, 0.25) is 0 Å². The number of furan rings is 1. The second kappa shape index (κ2) is 7.79. The molecule has 0 bridgehead atoms. The average molecular weight is 326 g/mol. The summed E-state index contributed by atoms with van der Waals surface area (Å²) in [5.74, 6) is 2.36. The SMILES string of the molecule is CCCOc1ccc(CNCc2cn[nH]c2-c2ccc(C)o2)cn1. The molecule has 0 radical (unpaired) electrons. The lowest BCUT2D eigenvalue weighted by atomic mass is 10.2. The van der Waals surface area contributed by atoms with Gasteiger partial charge in [-0.15, -0.1) is 0 Å². The summed E-state index contributed by atoms with van der Waals surface area (Å²) in [6.45, 7) is 6.12. The van der Waals surface area contributed by atoms with Crippen molar-refractivity contribution < 1.29 is 9.15 Å². The van der Waals surface area contributed by atoms with Gasteiger partial charge < -0.3 is 14.5 Å². The number of aromatic amines is 1. The molecule has 2 N–H and O–H groups in total. The van der Waals surface area contributed by atoms with Gasteiger partial charge >= 0.3 is 0 Å². The molecule has 126 valence electrons.